The highest BCUT2D eigenvalue weighted by Crippen LogP contribution is 2.32. The Kier molecular flexibility index (Phi) is 2.97. The van der Waals surface area contributed by atoms with E-state index in [1.165, 1.54) is 19.2 Å². The molecule has 0 saturated heterocycles. The largest absolute Gasteiger partial charge is 0.508 e. The molecule has 0 aliphatic carbocycles. The molecule has 1 rings (SSSR count). The molecule has 0 amide bonds. The SMILES string of the molecule is COc1cc(O)c(CCN)cc1O. The zero-order chi connectivity index (χ0) is 9.84. The van der Waals surface area contributed by atoms with Crippen molar-refractivity contribution in [2.75, 3.05) is 13.7 Å². The molecule has 72 valence electrons. The van der Waals surface area contributed by atoms with Gasteiger partial charge in [-0.3, -0.25) is 0 Å². The minimum Gasteiger partial charge on any atom is -0.508 e. The van der Waals surface area contributed by atoms with Crippen molar-refractivity contribution in [3.05, 3.63) is 17.7 Å². The van der Waals surface area contributed by atoms with Gasteiger partial charge in [0.1, 0.15) is 5.75 Å². The maximum atomic E-state index is 9.43. The Morgan fingerprint density at radius 3 is 2.54 bits per heavy atom. The molecular weight excluding hydrogens is 170 g/mol. The number of hydrogen-bond acceptors (Lipinski definition) is 4. The summed E-state index contributed by atoms with van der Waals surface area (Å²) in [5.41, 5.74) is 5.95. The number of nitrogens with two attached hydrogens (primary N) is 1. The van der Waals surface area contributed by atoms with Crippen LogP contribution in [0.15, 0.2) is 12.1 Å². The first-order valence-electron chi connectivity index (χ1n) is 3.98. The van der Waals surface area contributed by atoms with E-state index in [0.717, 1.165) is 0 Å². The lowest BCUT2D eigenvalue weighted by Crippen LogP contribution is -2.02. The first-order valence-corrected chi connectivity index (χ1v) is 3.98. The van der Waals surface area contributed by atoms with Crippen LogP contribution in [-0.4, -0.2) is 23.9 Å². The van der Waals surface area contributed by atoms with E-state index in [1.807, 2.05) is 0 Å². The first kappa shape index (κ1) is 9.67. The van der Waals surface area contributed by atoms with Crippen LogP contribution in [0, 0.1) is 0 Å². The van der Waals surface area contributed by atoms with Crippen LogP contribution in [0.25, 0.3) is 0 Å². The first-order chi connectivity index (χ1) is 6.19. The van der Waals surface area contributed by atoms with E-state index in [9.17, 15) is 10.2 Å². The van der Waals surface area contributed by atoms with Crippen LogP contribution >= 0.6 is 0 Å². The molecule has 4 nitrogen and oxygen atoms in total. The van der Waals surface area contributed by atoms with Gasteiger partial charge in [-0.05, 0) is 24.6 Å². The number of methoxy groups -OCH3 is 1. The quantitative estimate of drug-likeness (QED) is 0.600. The van der Waals surface area contributed by atoms with Gasteiger partial charge in [-0.2, -0.15) is 0 Å². The summed E-state index contributed by atoms with van der Waals surface area (Å²) in [5, 5.41) is 18.8. The lowest BCUT2D eigenvalue weighted by atomic mass is 10.1. The molecular formula is C9H13NO3. The highest BCUT2D eigenvalue weighted by molar-refractivity contribution is 5.49. The third-order valence-corrected chi connectivity index (χ3v) is 1.79. The van der Waals surface area contributed by atoms with Crippen molar-refractivity contribution in [1.82, 2.24) is 0 Å². The van der Waals surface area contributed by atoms with Crippen LogP contribution in [0.4, 0.5) is 0 Å². The number of hydrogen-bond donors (Lipinski definition) is 3. The lowest BCUT2D eigenvalue weighted by molar-refractivity contribution is 0.367. The van der Waals surface area contributed by atoms with Crippen LogP contribution in [0.1, 0.15) is 5.56 Å². The predicted molar refractivity (Wildman–Crippen MR) is 49.1 cm³/mol. The van der Waals surface area contributed by atoms with Crippen LogP contribution in [0.5, 0.6) is 17.2 Å². The predicted octanol–water partition coefficient (Wildman–Crippen LogP) is 0.608. The molecule has 0 aliphatic rings. The molecule has 0 bridgehead atoms. The Hall–Kier alpha value is -1.42. The van der Waals surface area contributed by atoms with Gasteiger partial charge in [-0.1, -0.05) is 0 Å². The molecule has 0 aromatic heterocycles. The minimum atomic E-state index is 0.0174. The molecule has 13 heavy (non-hydrogen) atoms. The van der Waals surface area contributed by atoms with Crippen molar-refractivity contribution in [1.29, 1.82) is 0 Å². The molecule has 4 N–H and O–H groups in total. The molecule has 4 heteroatoms. The van der Waals surface area contributed by atoms with Crippen LogP contribution in [-0.2, 0) is 6.42 Å². The molecule has 0 heterocycles. The second-order valence-electron chi connectivity index (χ2n) is 2.69. The number of phenols is 2. The van der Waals surface area contributed by atoms with Crippen molar-refractivity contribution >= 4 is 0 Å². The van der Waals surface area contributed by atoms with Crippen molar-refractivity contribution in [3.8, 4) is 17.2 Å². The van der Waals surface area contributed by atoms with Gasteiger partial charge in [0.25, 0.3) is 0 Å². The summed E-state index contributed by atoms with van der Waals surface area (Å²) < 4.78 is 4.82. The van der Waals surface area contributed by atoms with Gasteiger partial charge in [0, 0.05) is 6.07 Å². The summed E-state index contributed by atoms with van der Waals surface area (Å²) >= 11 is 0. The second-order valence-corrected chi connectivity index (χ2v) is 2.69. The van der Waals surface area contributed by atoms with E-state index in [-0.39, 0.29) is 17.2 Å². The van der Waals surface area contributed by atoms with Crippen molar-refractivity contribution in [2.45, 2.75) is 6.42 Å². The highest BCUT2D eigenvalue weighted by atomic mass is 16.5. The fourth-order valence-electron chi connectivity index (χ4n) is 1.12. The molecule has 1 aromatic carbocycles. The number of phenolic OH excluding ortho intramolecular Hbond substituents is 2. The average Bonchev–Trinajstić information content (AvgIpc) is 2.11. The Morgan fingerprint density at radius 1 is 1.31 bits per heavy atom. The number of aromatic hydroxyl groups is 2. The van der Waals surface area contributed by atoms with E-state index in [1.54, 1.807) is 0 Å². The number of rotatable bonds is 3. The molecule has 0 atom stereocenters. The summed E-state index contributed by atoms with van der Waals surface area (Å²) in [6, 6.07) is 2.83. The van der Waals surface area contributed by atoms with Crippen LogP contribution < -0.4 is 10.5 Å². The van der Waals surface area contributed by atoms with Gasteiger partial charge in [0.05, 0.1) is 7.11 Å². The van der Waals surface area contributed by atoms with Crippen molar-refractivity contribution in [3.63, 3.8) is 0 Å². The zero-order valence-electron chi connectivity index (χ0n) is 7.45. The summed E-state index contributed by atoms with van der Waals surface area (Å²) in [4.78, 5) is 0. The van der Waals surface area contributed by atoms with E-state index in [4.69, 9.17) is 10.5 Å². The third kappa shape index (κ3) is 2.03. The van der Waals surface area contributed by atoms with Gasteiger partial charge >= 0.3 is 0 Å². The van der Waals surface area contributed by atoms with E-state index in [2.05, 4.69) is 0 Å². The summed E-state index contributed by atoms with van der Waals surface area (Å²) in [6.07, 6.45) is 0.531. The molecule has 0 fully saturated rings. The van der Waals surface area contributed by atoms with Crippen LogP contribution in [0.3, 0.4) is 0 Å². The van der Waals surface area contributed by atoms with Gasteiger partial charge in [0.2, 0.25) is 0 Å². The van der Waals surface area contributed by atoms with E-state index in [0.29, 0.717) is 18.5 Å². The van der Waals surface area contributed by atoms with Gasteiger partial charge in [-0.25, -0.2) is 0 Å². The second kappa shape index (κ2) is 4.00. The molecule has 0 aliphatic heterocycles. The molecule has 0 spiro atoms. The molecule has 0 unspecified atom stereocenters. The maximum Gasteiger partial charge on any atom is 0.164 e. The lowest BCUT2D eigenvalue weighted by Gasteiger charge is -2.07. The fraction of sp³-hybridized carbons (Fsp3) is 0.333. The minimum absolute atomic E-state index is 0.0174. The van der Waals surface area contributed by atoms with Crippen LogP contribution in [0.2, 0.25) is 0 Å². The monoisotopic (exact) mass is 183 g/mol. The fourth-order valence-corrected chi connectivity index (χ4v) is 1.12. The smallest absolute Gasteiger partial charge is 0.164 e. The molecule has 0 saturated carbocycles. The Labute approximate surface area is 76.6 Å². The topological polar surface area (TPSA) is 75.7 Å². The highest BCUT2D eigenvalue weighted by Gasteiger charge is 2.07. The van der Waals surface area contributed by atoms with E-state index < -0.39 is 0 Å². The Bertz CT molecular complexity index is 299. The standard InChI is InChI=1S/C9H13NO3/c1-13-9-5-7(11)6(2-3-10)4-8(9)12/h4-5,11-12H,2-3,10H2,1H3. The molecule has 1 aromatic rings. The van der Waals surface area contributed by atoms with Gasteiger partial charge in [0.15, 0.2) is 11.5 Å². The average molecular weight is 183 g/mol. The van der Waals surface area contributed by atoms with E-state index >= 15 is 0 Å². The number of ether oxygens (including phenoxy) is 1. The summed E-state index contributed by atoms with van der Waals surface area (Å²) in [5.74, 6) is 0.377. The Morgan fingerprint density at radius 2 is 2.00 bits per heavy atom. The summed E-state index contributed by atoms with van der Waals surface area (Å²) in [7, 11) is 1.43. The zero-order valence-corrected chi connectivity index (χ0v) is 7.45. The Balaban J connectivity index is 3.05. The normalized spacial score (nSPS) is 10.0. The molecule has 0 radical (unpaired) electrons. The van der Waals surface area contributed by atoms with Crippen molar-refractivity contribution < 1.29 is 14.9 Å². The third-order valence-electron chi connectivity index (χ3n) is 1.79. The number of benzene rings is 1. The van der Waals surface area contributed by atoms with Crippen molar-refractivity contribution in [2.24, 2.45) is 5.73 Å². The summed E-state index contributed by atoms with van der Waals surface area (Å²) in [6.45, 7) is 0.430. The van der Waals surface area contributed by atoms with Gasteiger partial charge in [-0.15, -0.1) is 0 Å². The van der Waals surface area contributed by atoms with Gasteiger partial charge < -0.3 is 20.7 Å². The maximum absolute atomic E-state index is 9.43.